The van der Waals surface area contributed by atoms with Crippen molar-refractivity contribution < 1.29 is 4.79 Å². The van der Waals surface area contributed by atoms with Crippen LogP contribution in [-0.4, -0.2) is 69.0 Å². The fourth-order valence-corrected chi connectivity index (χ4v) is 3.63. The number of amides is 1. The minimum atomic E-state index is 0.0252. The molecule has 0 spiro atoms. The Balaban J connectivity index is 1.57. The van der Waals surface area contributed by atoms with Gasteiger partial charge in [0.25, 0.3) is 5.91 Å². The van der Waals surface area contributed by atoms with Crippen molar-refractivity contribution in [1.29, 1.82) is 0 Å². The Kier molecular flexibility index (Phi) is 4.42. The van der Waals surface area contributed by atoms with Gasteiger partial charge >= 0.3 is 0 Å². The summed E-state index contributed by atoms with van der Waals surface area (Å²) in [6, 6.07) is 1.87. The maximum atomic E-state index is 12.5. The molecular weight excluding hydrogens is 298 g/mol. The number of carbonyl (C=O) groups is 1. The molecule has 0 aromatic carbocycles. The summed E-state index contributed by atoms with van der Waals surface area (Å²) in [6.07, 6.45) is 0. The maximum absolute atomic E-state index is 12.5. The Hall–Kier alpha value is -1.50. The van der Waals surface area contributed by atoms with E-state index >= 15 is 0 Å². The number of carbonyl (C=O) groups excluding carboxylic acids is 1. The number of rotatable bonds is 2. The minimum Gasteiger partial charge on any atom is -0.348 e. The van der Waals surface area contributed by atoms with E-state index in [9.17, 15) is 4.79 Å². The molecule has 1 N–H and O–H groups in total. The highest BCUT2D eigenvalue weighted by Crippen LogP contribution is 2.24. The van der Waals surface area contributed by atoms with Gasteiger partial charge in [0.15, 0.2) is 5.17 Å². The average Bonchev–Trinajstić information content (AvgIpc) is 3.16. The molecule has 7 heteroatoms. The third kappa shape index (κ3) is 3.14. The zero-order chi connectivity index (χ0) is 15.7. The van der Waals surface area contributed by atoms with Crippen molar-refractivity contribution in [3.63, 3.8) is 0 Å². The molecule has 0 saturated carbocycles. The standard InChI is InChI=1S/C15H23N5OS/c1-10(2)12-8-13(18-17-12)14(21)19-4-6-20(7-5-19)15-16-9-11(3)22-15/h8,10-11H,4-7,9H2,1-3H3,(H,17,18). The van der Waals surface area contributed by atoms with Crippen LogP contribution < -0.4 is 0 Å². The van der Waals surface area contributed by atoms with Crippen LogP contribution in [0.1, 0.15) is 42.9 Å². The van der Waals surface area contributed by atoms with Crippen LogP contribution >= 0.6 is 11.8 Å². The van der Waals surface area contributed by atoms with E-state index in [1.807, 2.05) is 22.7 Å². The predicted molar refractivity (Wildman–Crippen MR) is 89.5 cm³/mol. The molecule has 0 radical (unpaired) electrons. The van der Waals surface area contributed by atoms with Crippen LogP contribution in [0, 0.1) is 0 Å². The molecule has 1 fully saturated rings. The molecule has 3 rings (SSSR count). The lowest BCUT2D eigenvalue weighted by Gasteiger charge is -2.35. The van der Waals surface area contributed by atoms with Crippen molar-refractivity contribution >= 4 is 22.8 Å². The van der Waals surface area contributed by atoms with Gasteiger partial charge in [0.2, 0.25) is 0 Å². The second-order valence-corrected chi connectivity index (χ2v) is 7.60. The van der Waals surface area contributed by atoms with Gasteiger partial charge in [0.1, 0.15) is 5.69 Å². The summed E-state index contributed by atoms with van der Waals surface area (Å²) in [4.78, 5) is 21.3. The number of piperazine rings is 1. The fourth-order valence-electron chi connectivity index (χ4n) is 2.64. The van der Waals surface area contributed by atoms with Crippen molar-refractivity contribution in [3.05, 3.63) is 17.5 Å². The summed E-state index contributed by atoms with van der Waals surface area (Å²) in [5, 5.41) is 8.83. The minimum absolute atomic E-state index is 0.0252. The summed E-state index contributed by atoms with van der Waals surface area (Å²) in [5.41, 5.74) is 1.53. The van der Waals surface area contributed by atoms with Crippen LogP contribution in [-0.2, 0) is 0 Å². The highest BCUT2D eigenvalue weighted by molar-refractivity contribution is 8.14. The van der Waals surface area contributed by atoms with Crippen molar-refractivity contribution in [2.75, 3.05) is 32.7 Å². The van der Waals surface area contributed by atoms with Crippen LogP contribution in [0.4, 0.5) is 0 Å². The normalized spacial score (nSPS) is 22.4. The number of aliphatic imine (C=N–C) groups is 1. The summed E-state index contributed by atoms with van der Waals surface area (Å²) in [5.74, 6) is 0.377. The molecule has 0 aliphatic carbocycles. The smallest absolute Gasteiger partial charge is 0.274 e. The quantitative estimate of drug-likeness (QED) is 0.902. The SMILES string of the molecule is CC1CN=C(N2CCN(C(=O)c3cc(C(C)C)[nH]n3)CC2)S1. The molecule has 2 aliphatic heterocycles. The van der Waals surface area contributed by atoms with E-state index in [0.717, 1.165) is 43.6 Å². The maximum Gasteiger partial charge on any atom is 0.274 e. The summed E-state index contributed by atoms with van der Waals surface area (Å²) in [7, 11) is 0. The number of nitrogens with one attached hydrogen (secondary N) is 1. The molecule has 1 amide bonds. The first-order valence-electron chi connectivity index (χ1n) is 7.85. The van der Waals surface area contributed by atoms with Gasteiger partial charge in [0, 0.05) is 37.1 Å². The lowest BCUT2D eigenvalue weighted by atomic mass is 10.1. The Morgan fingerprint density at radius 1 is 1.36 bits per heavy atom. The van der Waals surface area contributed by atoms with Crippen LogP contribution in [0.5, 0.6) is 0 Å². The van der Waals surface area contributed by atoms with E-state index in [0.29, 0.717) is 16.9 Å². The molecule has 1 aromatic rings. The van der Waals surface area contributed by atoms with E-state index in [-0.39, 0.29) is 5.91 Å². The molecule has 1 unspecified atom stereocenters. The third-order valence-corrected chi connectivity index (χ3v) is 5.22. The van der Waals surface area contributed by atoms with E-state index in [4.69, 9.17) is 0 Å². The van der Waals surface area contributed by atoms with Gasteiger partial charge in [-0.05, 0) is 12.0 Å². The number of H-pyrrole nitrogens is 1. The highest BCUT2D eigenvalue weighted by atomic mass is 32.2. The Labute approximate surface area is 135 Å². The number of aromatic nitrogens is 2. The van der Waals surface area contributed by atoms with Gasteiger partial charge in [-0.3, -0.25) is 14.9 Å². The lowest BCUT2D eigenvalue weighted by Crippen LogP contribution is -2.50. The fraction of sp³-hybridized carbons (Fsp3) is 0.667. The van der Waals surface area contributed by atoms with E-state index in [1.165, 1.54) is 0 Å². The summed E-state index contributed by atoms with van der Waals surface area (Å²) in [6.45, 7) is 10.4. The van der Waals surface area contributed by atoms with Gasteiger partial charge in [-0.25, -0.2) is 0 Å². The van der Waals surface area contributed by atoms with Crippen molar-refractivity contribution in [2.24, 2.45) is 4.99 Å². The number of amidine groups is 1. The lowest BCUT2D eigenvalue weighted by molar-refractivity contribution is 0.0687. The second-order valence-electron chi connectivity index (χ2n) is 6.19. The number of hydrogen-bond acceptors (Lipinski definition) is 5. The Bertz CT molecular complexity index is 574. The predicted octanol–water partition coefficient (Wildman–Crippen LogP) is 1.78. The van der Waals surface area contributed by atoms with Gasteiger partial charge in [-0.15, -0.1) is 0 Å². The topological polar surface area (TPSA) is 64.6 Å². The van der Waals surface area contributed by atoms with Crippen molar-refractivity contribution in [1.82, 2.24) is 20.0 Å². The molecule has 2 aliphatic rings. The van der Waals surface area contributed by atoms with Crippen LogP contribution in [0.15, 0.2) is 11.1 Å². The van der Waals surface area contributed by atoms with E-state index < -0.39 is 0 Å². The first-order valence-corrected chi connectivity index (χ1v) is 8.73. The first-order chi connectivity index (χ1) is 10.5. The molecule has 1 atom stereocenters. The molecular formula is C15H23N5OS. The van der Waals surface area contributed by atoms with Gasteiger partial charge in [-0.1, -0.05) is 32.5 Å². The summed E-state index contributed by atoms with van der Waals surface area (Å²) < 4.78 is 0. The zero-order valence-corrected chi connectivity index (χ0v) is 14.2. The number of nitrogens with zero attached hydrogens (tertiary/aromatic N) is 4. The van der Waals surface area contributed by atoms with Crippen molar-refractivity contribution in [2.45, 2.75) is 31.9 Å². The van der Waals surface area contributed by atoms with Crippen molar-refractivity contribution in [3.8, 4) is 0 Å². The Morgan fingerprint density at radius 2 is 2.09 bits per heavy atom. The summed E-state index contributed by atoms with van der Waals surface area (Å²) >= 11 is 1.84. The van der Waals surface area contributed by atoms with E-state index in [1.54, 1.807) is 0 Å². The van der Waals surface area contributed by atoms with Gasteiger partial charge in [-0.2, -0.15) is 5.10 Å². The number of aromatic amines is 1. The molecule has 1 saturated heterocycles. The third-order valence-electron chi connectivity index (χ3n) is 4.07. The van der Waals surface area contributed by atoms with Crippen LogP contribution in [0.25, 0.3) is 0 Å². The number of thioether (sulfide) groups is 1. The largest absolute Gasteiger partial charge is 0.348 e. The van der Waals surface area contributed by atoms with Gasteiger partial charge in [0.05, 0.1) is 6.54 Å². The van der Waals surface area contributed by atoms with Crippen LogP contribution in [0.2, 0.25) is 0 Å². The molecule has 3 heterocycles. The number of hydrogen-bond donors (Lipinski definition) is 1. The molecule has 1 aromatic heterocycles. The Morgan fingerprint density at radius 3 is 2.64 bits per heavy atom. The second kappa shape index (κ2) is 6.32. The molecule has 0 bridgehead atoms. The average molecular weight is 321 g/mol. The van der Waals surface area contributed by atoms with Crippen LogP contribution in [0.3, 0.4) is 0 Å². The highest BCUT2D eigenvalue weighted by Gasteiger charge is 2.28. The monoisotopic (exact) mass is 321 g/mol. The zero-order valence-electron chi connectivity index (χ0n) is 13.4. The first kappa shape index (κ1) is 15.4. The van der Waals surface area contributed by atoms with E-state index in [2.05, 4.69) is 40.9 Å². The molecule has 6 nitrogen and oxygen atoms in total. The van der Waals surface area contributed by atoms with Gasteiger partial charge < -0.3 is 9.80 Å². The molecule has 22 heavy (non-hydrogen) atoms. The molecule has 120 valence electrons.